The molecule has 4 aromatic rings. The lowest BCUT2D eigenvalue weighted by Crippen LogP contribution is -2.48. The fourth-order valence-corrected chi connectivity index (χ4v) is 5.23. The van der Waals surface area contributed by atoms with Crippen LogP contribution >= 0.6 is 0 Å². The van der Waals surface area contributed by atoms with Crippen molar-refractivity contribution in [3.8, 4) is 11.5 Å². The Morgan fingerprint density at radius 3 is 2.38 bits per heavy atom. The number of hydrogen-bond acceptors (Lipinski definition) is 6. The molecule has 1 heterocycles. The van der Waals surface area contributed by atoms with Gasteiger partial charge >= 0.3 is 0 Å². The third-order valence-corrected chi connectivity index (χ3v) is 7.25. The first-order chi connectivity index (χ1) is 19.5. The lowest BCUT2D eigenvalue weighted by molar-refractivity contribution is -0.127. The number of halogens is 1. The second-order valence-electron chi connectivity index (χ2n) is 9.84. The molecular formula is C30H32FN5O4. The summed E-state index contributed by atoms with van der Waals surface area (Å²) in [6.45, 7) is -0.234. The fourth-order valence-electron chi connectivity index (χ4n) is 5.23. The summed E-state index contributed by atoms with van der Waals surface area (Å²) in [6.07, 6.45) is 4.79. The number of benzene rings is 3. The van der Waals surface area contributed by atoms with Crippen LogP contribution in [0.5, 0.6) is 11.5 Å². The molecule has 1 aliphatic carbocycles. The van der Waals surface area contributed by atoms with Crippen LogP contribution < -0.4 is 19.7 Å². The molecule has 2 amide bonds. The van der Waals surface area contributed by atoms with Crippen LogP contribution in [0.25, 0.3) is 11.0 Å². The van der Waals surface area contributed by atoms with Gasteiger partial charge in [-0.2, -0.15) is 0 Å². The predicted molar refractivity (Wildman–Crippen MR) is 149 cm³/mol. The largest absolute Gasteiger partial charge is 0.497 e. The first kappa shape index (κ1) is 27.1. The lowest BCUT2D eigenvalue weighted by atomic mass is 9.94. The first-order valence-electron chi connectivity index (χ1n) is 13.4. The Labute approximate surface area is 231 Å². The SMILES string of the molecule is COc1cc(OC)cc(N(C(=O)Cn2nnc3ccccc32)[C@H](C(=O)NC2CCCCC2)c2ccccc2F)c1. The summed E-state index contributed by atoms with van der Waals surface area (Å²) in [5.41, 5.74) is 1.69. The molecule has 1 aromatic heterocycles. The standard InChI is InChI=1S/C30H32FN5O4/c1-39-22-16-21(17-23(18-22)40-2)36(28(37)19-35-27-15-9-8-14-26(27)33-34-35)29(24-12-6-7-13-25(24)31)30(38)32-20-10-4-3-5-11-20/h6-9,12-18,20,29H,3-5,10-11,19H2,1-2H3,(H,32,38)/t29-/m0/s1. The summed E-state index contributed by atoms with van der Waals surface area (Å²) in [6, 6.07) is 16.9. The zero-order valence-electron chi connectivity index (χ0n) is 22.5. The van der Waals surface area contributed by atoms with E-state index in [1.807, 2.05) is 18.2 Å². The number of ether oxygens (including phenoxy) is 2. The average molecular weight is 546 g/mol. The Balaban J connectivity index is 1.62. The number of methoxy groups -OCH3 is 2. The van der Waals surface area contributed by atoms with E-state index in [0.29, 0.717) is 28.2 Å². The van der Waals surface area contributed by atoms with Gasteiger partial charge in [0.15, 0.2) is 0 Å². The van der Waals surface area contributed by atoms with Gasteiger partial charge in [0.05, 0.1) is 25.4 Å². The summed E-state index contributed by atoms with van der Waals surface area (Å²) >= 11 is 0. The average Bonchev–Trinajstić information content (AvgIpc) is 3.39. The summed E-state index contributed by atoms with van der Waals surface area (Å²) < 4.78 is 27.8. The summed E-state index contributed by atoms with van der Waals surface area (Å²) in [7, 11) is 2.99. The van der Waals surface area contributed by atoms with Crippen molar-refractivity contribution in [1.82, 2.24) is 20.3 Å². The molecule has 10 heteroatoms. The van der Waals surface area contributed by atoms with Gasteiger partial charge in [0.2, 0.25) is 11.8 Å². The molecule has 40 heavy (non-hydrogen) atoms. The first-order valence-corrected chi connectivity index (χ1v) is 13.4. The fraction of sp³-hybridized carbons (Fsp3) is 0.333. The molecule has 9 nitrogen and oxygen atoms in total. The van der Waals surface area contributed by atoms with Crippen LogP contribution in [-0.2, 0) is 16.1 Å². The smallest absolute Gasteiger partial charge is 0.249 e. The second kappa shape index (κ2) is 12.1. The van der Waals surface area contributed by atoms with Crippen LogP contribution in [0.2, 0.25) is 0 Å². The molecule has 1 aliphatic rings. The van der Waals surface area contributed by atoms with Gasteiger partial charge in [-0.25, -0.2) is 9.07 Å². The molecule has 1 saturated carbocycles. The van der Waals surface area contributed by atoms with E-state index in [9.17, 15) is 9.59 Å². The van der Waals surface area contributed by atoms with Crippen LogP contribution in [0, 0.1) is 5.82 Å². The number of nitrogens with one attached hydrogen (secondary N) is 1. The zero-order valence-corrected chi connectivity index (χ0v) is 22.5. The van der Waals surface area contributed by atoms with E-state index in [1.165, 1.54) is 35.9 Å². The second-order valence-corrected chi connectivity index (χ2v) is 9.84. The van der Waals surface area contributed by atoms with E-state index in [4.69, 9.17) is 9.47 Å². The maximum absolute atomic E-state index is 15.4. The molecule has 0 bridgehead atoms. The number of nitrogens with zero attached hydrogens (tertiary/aromatic N) is 4. The molecule has 0 aliphatic heterocycles. The molecule has 5 rings (SSSR count). The topological polar surface area (TPSA) is 98.6 Å². The quantitative estimate of drug-likeness (QED) is 0.324. The van der Waals surface area contributed by atoms with Gasteiger partial charge in [-0.05, 0) is 31.0 Å². The molecule has 1 atom stereocenters. The maximum atomic E-state index is 15.4. The normalized spacial score (nSPS) is 14.5. The molecule has 0 spiro atoms. The van der Waals surface area contributed by atoms with E-state index < -0.39 is 23.7 Å². The molecule has 0 unspecified atom stereocenters. The Morgan fingerprint density at radius 1 is 1.00 bits per heavy atom. The van der Waals surface area contributed by atoms with E-state index in [1.54, 1.807) is 36.4 Å². The maximum Gasteiger partial charge on any atom is 0.249 e. The van der Waals surface area contributed by atoms with E-state index >= 15 is 4.39 Å². The van der Waals surface area contributed by atoms with Crippen molar-refractivity contribution >= 4 is 28.5 Å². The molecule has 208 valence electrons. The minimum Gasteiger partial charge on any atom is -0.497 e. The number of hydrogen-bond donors (Lipinski definition) is 1. The van der Waals surface area contributed by atoms with Gasteiger partial charge in [-0.15, -0.1) is 5.10 Å². The van der Waals surface area contributed by atoms with Crippen molar-refractivity contribution in [3.63, 3.8) is 0 Å². The number of carbonyl (C=O) groups is 2. The Hall–Kier alpha value is -4.47. The Bertz CT molecular complexity index is 1480. The highest BCUT2D eigenvalue weighted by Crippen LogP contribution is 2.35. The van der Waals surface area contributed by atoms with Gasteiger partial charge in [-0.3, -0.25) is 14.5 Å². The number of para-hydroxylation sites is 1. The van der Waals surface area contributed by atoms with Crippen LogP contribution in [0.15, 0.2) is 66.7 Å². The molecule has 3 aromatic carbocycles. The highest BCUT2D eigenvalue weighted by atomic mass is 19.1. The Morgan fingerprint density at radius 2 is 1.68 bits per heavy atom. The van der Waals surface area contributed by atoms with Gasteiger partial charge in [-0.1, -0.05) is 54.8 Å². The van der Waals surface area contributed by atoms with Crippen molar-refractivity contribution in [2.45, 2.75) is 50.7 Å². The number of amides is 2. The minimum absolute atomic E-state index is 0.0495. The minimum atomic E-state index is -1.30. The highest BCUT2D eigenvalue weighted by molar-refractivity contribution is 6.02. The van der Waals surface area contributed by atoms with Gasteiger partial charge in [0.1, 0.15) is 35.4 Å². The number of fused-ring (bicyclic) bond motifs is 1. The number of anilines is 1. The van der Waals surface area contributed by atoms with Crippen molar-refractivity contribution in [3.05, 3.63) is 78.1 Å². The number of aromatic nitrogens is 3. The van der Waals surface area contributed by atoms with Crippen LogP contribution in [0.4, 0.5) is 10.1 Å². The lowest BCUT2D eigenvalue weighted by Gasteiger charge is -2.34. The van der Waals surface area contributed by atoms with E-state index in [0.717, 1.165) is 32.1 Å². The van der Waals surface area contributed by atoms with Gasteiger partial charge < -0.3 is 14.8 Å². The molecule has 1 N–H and O–H groups in total. The summed E-state index contributed by atoms with van der Waals surface area (Å²) in [5.74, 6) is -0.713. The summed E-state index contributed by atoms with van der Waals surface area (Å²) in [4.78, 5) is 29.6. The van der Waals surface area contributed by atoms with Crippen molar-refractivity contribution in [2.75, 3.05) is 19.1 Å². The van der Waals surface area contributed by atoms with Gasteiger partial charge in [0.25, 0.3) is 0 Å². The van der Waals surface area contributed by atoms with E-state index in [2.05, 4.69) is 15.6 Å². The zero-order chi connectivity index (χ0) is 28.1. The van der Waals surface area contributed by atoms with Crippen molar-refractivity contribution < 1.29 is 23.5 Å². The van der Waals surface area contributed by atoms with Crippen LogP contribution in [0.3, 0.4) is 0 Å². The molecular weight excluding hydrogens is 513 g/mol. The molecule has 1 fully saturated rings. The van der Waals surface area contributed by atoms with Crippen LogP contribution in [0.1, 0.15) is 43.7 Å². The number of carbonyl (C=O) groups excluding carboxylic acids is 2. The monoisotopic (exact) mass is 545 g/mol. The van der Waals surface area contributed by atoms with Crippen molar-refractivity contribution in [2.24, 2.45) is 0 Å². The highest BCUT2D eigenvalue weighted by Gasteiger charge is 2.36. The third kappa shape index (κ3) is 5.75. The van der Waals surface area contributed by atoms with E-state index in [-0.39, 0.29) is 18.2 Å². The molecule has 0 radical (unpaired) electrons. The Kier molecular flexibility index (Phi) is 8.23. The van der Waals surface area contributed by atoms with Crippen molar-refractivity contribution in [1.29, 1.82) is 0 Å². The third-order valence-electron chi connectivity index (χ3n) is 7.25. The van der Waals surface area contributed by atoms with Crippen LogP contribution in [-0.4, -0.2) is 47.1 Å². The summed E-state index contributed by atoms with van der Waals surface area (Å²) in [5, 5.41) is 11.4. The number of rotatable bonds is 9. The predicted octanol–water partition coefficient (Wildman–Crippen LogP) is 4.81. The van der Waals surface area contributed by atoms with Gasteiger partial charge in [0, 0.05) is 29.8 Å². The molecule has 0 saturated heterocycles.